The summed E-state index contributed by atoms with van der Waals surface area (Å²) < 4.78 is 11.4. The van der Waals surface area contributed by atoms with Crippen molar-refractivity contribution in [3.63, 3.8) is 0 Å². The van der Waals surface area contributed by atoms with E-state index in [1.807, 2.05) is 6.07 Å². The molecule has 1 aliphatic rings. The Labute approximate surface area is 128 Å². The normalized spacial score (nSPS) is 17.2. The van der Waals surface area contributed by atoms with E-state index in [1.165, 1.54) is 5.56 Å². The summed E-state index contributed by atoms with van der Waals surface area (Å²) in [5.41, 5.74) is 1.28. The largest absolute Gasteiger partial charge is 0.493 e. The molecule has 0 amide bonds. The summed E-state index contributed by atoms with van der Waals surface area (Å²) in [7, 11) is 3.87. The second kappa shape index (κ2) is 7.66. The number of methoxy groups -OCH3 is 1. The molecular weight excluding hydrogens is 264 g/mol. The molecular formula is C17H28N2O2. The van der Waals surface area contributed by atoms with Crippen molar-refractivity contribution in [3.8, 4) is 11.5 Å². The van der Waals surface area contributed by atoms with Crippen LogP contribution < -0.4 is 9.47 Å². The second-order valence-corrected chi connectivity index (χ2v) is 6.06. The summed E-state index contributed by atoms with van der Waals surface area (Å²) in [6, 6.07) is 6.21. The van der Waals surface area contributed by atoms with Crippen LogP contribution >= 0.6 is 0 Å². The third kappa shape index (κ3) is 4.61. The van der Waals surface area contributed by atoms with Gasteiger partial charge in [-0.2, -0.15) is 0 Å². The lowest BCUT2D eigenvalue weighted by atomic mass is 10.0. The van der Waals surface area contributed by atoms with Gasteiger partial charge in [-0.3, -0.25) is 4.90 Å². The molecule has 0 aliphatic carbocycles. The third-order valence-electron chi connectivity index (χ3n) is 4.12. The number of hydrogen-bond donors (Lipinski definition) is 0. The first-order chi connectivity index (χ1) is 10.1. The fourth-order valence-electron chi connectivity index (χ4n) is 2.52. The zero-order valence-electron chi connectivity index (χ0n) is 13.8. The van der Waals surface area contributed by atoms with E-state index < -0.39 is 0 Å². The highest BCUT2D eigenvalue weighted by molar-refractivity contribution is 5.43. The van der Waals surface area contributed by atoms with E-state index in [0.717, 1.165) is 44.2 Å². The monoisotopic (exact) mass is 292 g/mol. The maximum Gasteiger partial charge on any atom is 0.161 e. The Kier molecular flexibility index (Phi) is 5.88. The molecule has 1 heterocycles. The van der Waals surface area contributed by atoms with Crippen LogP contribution in [-0.2, 0) is 0 Å². The van der Waals surface area contributed by atoms with Crippen LogP contribution in [0.1, 0.15) is 25.3 Å². The van der Waals surface area contributed by atoms with E-state index >= 15 is 0 Å². The van der Waals surface area contributed by atoms with Crippen molar-refractivity contribution >= 4 is 0 Å². The lowest BCUT2D eigenvalue weighted by molar-refractivity contribution is 0.133. The highest BCUT2D eigenvalue weighted by Gasteiger charge is 2.14. The summed E-state index contributed by atoms with van der Waals surface area (Å²) >= 11 is 0. The Morgan fingerprint density at radius 3 is 2.43 bits per heavy atom. The van der Waals surface area contributed by atoms with Crippen molar-refractivity contribution in [1.29, 1.82) is 0 Å². The summed E-state index contributed by atoms with van der Waals surface area (Å²) in [5, 5.41) is 0. The average Bonchev–Trinajstić information content (AvgIpc) is 2.49. The van der Waals surface area contributed by atoms with Gasteiger partial charge in [-0.05, 0) is 30.7 Å². The maximum absolute atomic E-state index is 5.97. The van der Waals surface area contributed by atoms with Gasteiger partial charge in [0.05, 0.1) is 7.11 Å². The number of rotatable bonds is 6. The Hall–Kier alpha value is -1.26. The van der Waals surface area contributed by atoms with Crippen LogP contribution in [-0.4, -0.2) is 63.3 Å². The van der Waals surface area contributed by atoms with Crippen LogP contribution in [0.25, 0.3) is 0 Å². The van der Waals surface area contributed by atoms with Gasteiger partial charge in [-0.1, -0.05) is 19.9 Å². The van der Waals surface area contributed by atoms with Crippen molar-refractivity contribution in [2.24, 2.45) is 0 Å². The number of piperazine rings is 1. The van der Waals surface area contributed by atoms with Gasteiger partial charge in [0, 0.05) is 32.7 Å². The minimum Gasteiger partial charge on any atom is -0.493 e. The molecule has 0 aromatic heterocycles. The van der Waals surface area contributed by atoms with Crippen LogP contribution in [0.2, 0.25) is 0 Å². The fraction of sp³-hybridized carbons (Fsp3) is 0.647. The quantitative estimate of drug-likeness (QED) is 0.804. The smallest absolute Gasteiger partial charge is 0.161 e. The molecule has 1 aromatic rings. The molecule has 4 heteroatoms. The summed E-state index contributed by atoms with van der Waals surface area (Å²) in [6.07, 6.45) is 0. The van der Waals surface area contributed by atoms with Gasteiger partial charge in [-0.25, -0.2) is 0 Å². The number of likely N-dealkylation sites (N-methyl/N-ethyl adjacent to an activating group) is 1. The van der Waals surface area contributed by atoms with E-state index in [4.69, 9.17) is 9.47 Å². The molecule has 1 aromatic carbocycles. The first-order valence-electron chi connectivity index (χ1n) is 7.81. The topological polar surface area (TPSA) is 24.9 Å². The number of hydrogen-bond acceptors (Lipinski definition) is 4. The first-order valence-corrected chi connectivity index (χ1v) is 7.81. The molecule has 1 fully saturated rings. The molecule has 0 atom stereocenters. The molecule has 1 aliphatic heterocycles. The Bertz CT molecular complexity index is 440. The van der Waals surface area contributed by atoms with Gasteiger partial charge >= 0.3 is 0 Å². The van der Waals surface area contributed by atoms with E-state index in [0.29, 0.717) is 12.5 Å². The highest BCUT2D eigenvalue weighted by Crippen LogP contribution is 2.30. The summed E-state index contributed by atoms with van der Waals surface area (Å²) in [4.78, 5) is 4.82. The Morgan fingerprint density at radius 2 is 1.81 bits per heavy atom. The molecule has 0 N–H and O–H groups in total. The van der Waals surface area contributed by atoms with Crippen molar-refractivity contribution in [1.82, 2.24) is 9.80 Å². The lowest BCUT2D eigenvalue weighted by Crippen LogP contribution is -2.45. The van der Waals surface area contributed by atoms with Crippen LogP contribution in [0.15, 0.2) is 18.2 Å². The molecule has 2 rings (SSSR count). The molecule has 0 bridgehead atoms. The lowest BCUT2D eigenvalue weighted by Gasteiger charge is -2.32. The molecule has 0 unspecified atom stereocenters. The molecule has 21 heavy (non-hydrogen) atoms. The van der Waals surface area contributed by atoms with Gasteiger partial charge in [0.25, 0.3) is 0 Å². The summed E-state index contributed by atoms with van der Waals surface area (Å²) in [6.45, 7) is 10.6. The van der Waals surface area contributed by atoms with Crippen LogP contribution in [0, 0.1) is 0 Å². The van der Waals surface area contributed by atoms with Crippen LogP contribution in [0.4, 0.5) is 0 Å². The highest BCUT2D eigenvalue weighted by atomic mass is 16.5. The van der Waals surface area contributed by atoms with Crippen LogP contribution in [0.3, 0.4) is 0 Å². The Morgan fingerprint density at radius 1 is 1.10 bits per heavy atom. The molecule has 0 spiro atoms. The van der Waals surface area contributed by atoms with Gasteiger partial charge < -0.3 is 14.4 Å². The van der Waals surface area contributed by atoms with E-state index in [1.54, 1.807) is 7.11 Å². The molecule has 1 saturated heterocycles. The van der Waals surface area contributed by atoms with Crippen LogP contribution in [0.5, 0.6) is 11.5 Å². The second-order valence-electron chi connectivity index (χ2n) is 6.06. The van der Waals surface area contributed by atoms with Gasteiger partial charge in [0.15, 0.2) is 11.5 Å². The van der Waals surface area contributed by atoms with E-state index in [-0.39, 0.29) is 0 Å². The van der Waals surface area contributed by atoms with Crippen molar-refractivity contribution in [2.45, 2.75) is 19.8 Å². The van der Waals surface area contributed by atoms with Crippen molar-refractivity contribution in [2.75, 3.05) is 53.5 Å². The fourth-order valence-corrected chi connectivity index (χ4v) is 2.52. The SMILES string of the molecule is COc1ccc(C(C)C)cc1OCCN1CCN(C)CC1. The minimum atomic E-state index is 0.496. The van der Waals surface area contributed by atoms with E-state index in [9.17, 15) is 0 Å². The zero-order valence-corrected chi connectivity index (χ0v) is 13.8. The van der Waals surface area contributed by atoms with Gasteiger partial charge in [0.1, 0.15) is 6.61 Å². The predicted molar refractivity (Wildman–Crippen MR) is 86.5 cm³/mol. The van der Waals surface area contributed by atoms with Gasteiger partial charge in [-0.15, -0.1) is 0 Å². The molecule has 0 saturated carbocycles. The summed E-state index contributed by atoms with van der Waals surface area (Å²) in [5.74, 6) is 2.17. The molecule has 118 valence electrons. The van der Waals surface area contributed by atoms with Crippen molar-refractivity contribution < 1.29 is 9.47 Å². The number of ether oxygens (including phenoxy) is 2. The molecule has 4 nitrogen and oxygen atoms in total. The first kappa shape index (κ1) is 16.1. The number of benzene rings is 1. The van der Waals surface area contributed by atoms with Gasteiger partial charge in [0.2, 0.25) is 0 Å². The Balaban J connectivity index is 1.88. The minimum absolute atomic E-state index is 0.496. The average molecular weight is 292 g/mol. The maximum atomic E-state index is 5.97. The zero-order chi connectivity index (χ0) is 15.2. The van der Waals surface area contributed by atoms with E-state index in [2.05, 4.69) is 42.8 Å². The third-order valence-corrected chi connectivity index (χ3v) is 4.12. The van der Waals surface area contributed by atoms with Crippen molar-refractivity contribution in [3.05, 3.63) is 23.8 Å². The standard InChI is InChI=1S/C17H28N2O2/c1-14(2)15-5-6-16(20-4)17(13-15)21-12-11-19-9-7-18(3)8-10-19/h5-6,13-14H,7-12H2,1-4H3. The number of nitrogens with zero attached hydrogens (tertiary/aromatic N) is 2. The molecule has 0 radical (unpaired) electrons. The predicted octanol–water partition coefficient (Wildman–Crippen LogP) is 2.44.